The van der Waals surface area contributed by atoms with Crippen LogP contribution in [0.25, 0.3) is 0 Å². The summed E-state index contributed by atoms with van der Waals surface area (Å²) in [6.07, 6.45) is 2.80. The molecule has 0 saturated heterocycles. The Morgan fingerprint density at radius 1 is 1.40 bits per heavy atom. The lowest BCUT2D eigenvalue weighted by atomic mass is 10.1. The summed E-state index contributed by atoms with van der Waals surface area (Å²) in [5.41, 5.74) is 6.93. The minimum Gasteiger partial charge on any atom is -0.494 e. The van der Waals surface area contributed by atoms with Crippen molar-refractivity contribution in [3.8, 4) is 5.75 Å². The van der Waals surface area contributed by atoms with Gasteiger partial charge in [-0.25, -0.2) is 0 Å². The third-order valence-corrected chi connectivity index (χ3v) is 3.36. The van der Waals surface area contributed by atoms with E-state index in [4.69, 9.17) is 10.5 Å². The van der Waals surface area contributed by atoms with E-state index in [0.717, 1.165) is 11.3 Å². The molecule has 1 atom stereocenters. The Balaban J connectivity index is 0.00000200. The lowest BCUT2D eigenvalue weighted by molar-refractivity contribution is -0.120. The third kappa shape index (κ3) is 5.39. The van der Waals surface area contributed by atoms with Crippen LogP contribution in [-0.4, -0.2) is 25.1 Å². The highest BCUT2D eigenvalue weighted by atomic mass is 35.5. The molecule has 1 fully saturated rings. The summed E-state index contributed by atoms with van der Waals surface area (Å²) in [7, 11) is 0. The second kappa shape index (κ2) is 8.12. The molecule has 0 radical (unpaired) electrons. The first-order valence-electron chi connectivity index (χ1n) is 6.93. The normalized spacial score (nSPS) is 15.1. The maximum Gasteiger partial charge on any atom is 0.224 e. The van der Waals surface area contributed by atoms with Crippen LogP contribution in [0.1, 0.15) is 25.3 Å². The molecule has 4 nitrogen and oxygen atoms in total. The van der Waals surface area contributed by atoms with Crippen molar-refractivity contribution >= 4 is 18.3 Å². The molecule has 3 N–H and O–H groups in total. The van der Waals surface area contributed by atoms with Gasteiger partial charge in [-0.05, 0) is 43.4 Å². The van der Waals surface area contributed by atoms with Crippen LogP contribution in [0, 0.1) is 5.92 Å². The van der Waals surface area contributed by atoms with E-state index in [-0.39, 0.29) is 24.4 Å². The van der Waals surface area contributed by atoms with Gasteiger partial charge in [-0.1, -0.05) is 12.1 Å². The van der Waals surface area contributed by atoms with Crippen molar-refractivity contribution in [2.75, 3.05) is 13.2 Å². The molecule has 1 unspecified atom stereocenters. The van der Waals surface area contributed by atoms with Gasteiger partial charge in [-0.15, -0.1) is 12.4 Å². The standard InChI is InChI=1S/C15H22N2O2.ClH/c1-2-19-13-7-3-11(4-8-13)9-15(18)17-10-14(16)12-5-6-12;/h3-4,7-8,12,14H,2,5-6,9-10,16H2,1H3,(H,17,18);1H. The Morgan fingerprint density at radius 2 is 2.05 bits per heavy atom. The van der Waals surface area contributed by atoms with Gasteiger partial charge in [0.25, 0.3) is 0 Å². The van der Waals surface area contributed by atoms with Crippen molar-refractivity contribution < 1.29 is 9.53 Å². The first-order valence-corrected chi connectivity index (χ1v) is 6.93. The molecule has 0 aliphatic heterocycles. The molecule has 0 spiro atoms. The van der Waals surface area contributed by atoms with Gasteiger partial charge in [-0.3, -0.25) is 4.79 Å². The summed E-state index contributed by atoms with van der Waals surface area (Å²) in [6, 6.07) is 7.74. The van der Waals surface area contributed by atoms with E-state index in [9.17, 15) is 4.79 Å². The van der Waals surface area contributed by atoms with E-state index in [1.807, 2.05) is 31.2 Å². The molecule has 0 bridgehead atoms. The average Bonchev–Trinajstić information content (AvgIpc) is 3.23. The van der Waals surface area contributed by atoms with Crippen LogP contribution in [-0.2, 0) is 11.2 Å². The van der Waals surface area contributed by atoms with E-state index < -0.39 is 0 Å². The topological polar surface area (TPSA) is 64.3 Å². The van der Waals surface area contributed by atoms with Crippen molar-refractivity contribution in [3.63, 3.8) is 0 Å². The molecule has 20 heavy (non-hydrogen) atoms. The van der Waals surface area contributed by atoms with Crippen LogP contribution >= 0.6 is 12.4 Å². The zero-order chi connectivity index (χ0) is 13.7. The number of ether oxygens (including phenoxy) is 1. The highest BCUT2D eigenvalue weighted by Crippen LogP contribution is 2.31. The maximum atomic E-state index is 11.8. The number of hydrogen-bond acceptors (Lipinski definition) is 3. The number of halogens is 1. The number of carbonyl (C=O) groups excluding carboxylic acids is 1. The lowest BCUT2D eigenvalue weighted by Crippen LogP contribution is -2.39. The summed E-state index contributed by atoms with van der Waals surface area (Å²) >= 11 is 0. The van der Waals surface area contributed by atoms with Crippen molar-refractivity contribution in [3.05, 3.63) is 29.8 Å². The summed E-state index contributed by atoms with van der Waals surface area (Å²) in [5.74, 6) is 1.48. The van der Waals surface area contributed by atoms with Crippen LogP contribution in [0.3, 0.4) is 0 Å². The zero-order valence-electron chi connectivity index (χ0n) is 11.8. The van der Waals surface area contributed by atoms with Crippen molar-refractivity contribution in [1.82, 2.24) is 5.32 Å². The Labute approximate surface area is 126 Å². The number of carbonyl (C=O) groups is 1. The van der Waals surface area contributed by atoms with Gasteiger partial charge in [0.2, 0.25) is 5.91 Å². The molecular weight excluding hydrogens is 276 g/mol. The van der Waals surface area contributed by atoms with Gasteiger partial charge in [0.1, 0.15) is 5.75 Å². The molecule has 1 aromatic rings. The predicted molar refractivity (Wildman–Crippen MR) is 82.3 cm³/mol. The Hall–Kier alpha value is -1.26. The SMILES string of the molecule is CCOc1ccc(CC(=O)NCC(N)C2CC2)cc1.Cl. The largest absolute Gasteiger partial charge is 0.494 e. The number of rotatable bonds is 7. The predicted octanol–water partition coefficient (Wildman–Crippen LogP) is 1.90. The lowest BCUT2D eigenvalue weighted by Gasteiger charge is -2.11. The fourth-order valence-corrected chi connectivity index (χ4v) is 2.04. The smallest absolute Gasteiger partial charge is 0.224 e. The monoisotopic (exact) mass is 298 g/mol. The number of benzene rings is 1. The van der Waals surface area contributed by atoms with Crippen LogP contribution in [0.4, 0.5) is 0 Å². The first-order chi connectivity index (χ1) is 9.19. The van der Waals surface area contributed by atoms with Gasteiger partial charge in [0, 0.05) is 12.6 Å². The molecule has 1 aliphatic carbocycles. The molecule has 1 aliphatic rings. The van der Waals surface area contributed by atoms with Gasteiger partial charge in [0.15, 0.2) is 0 Å². The number of hydrogen-bond donors (Lipinski definition) is 2. The first kappa shape index (κ1) is 16.8. The second-order valence-electron chi connectivity index (χ2n) is 5.06. The van der Waals surface area contributed by atoms with Crippen LogP contribution in [0.15, 0.2) is 24.3 Å². The van der Waals surface area contributed by atoms with E-state index in [1.54, 1.807) is 0 Å². The van der Waals surface area contributed by atoms with Gasteiger partial charge < -0.3 is 15.8 Å². The van der Waals surface area contributed by atoms with Crippen LogP contribution < -0.4 is 15.8 Å². The number of nitrogens with two attached hydrogens (primary N) is 1. The molecule has 0 aromatic heterocycles. The molecule has 5 heteroatoms. The molecule has 1 aromatic carbocycles. The molecule has 0 heterocycles. The number of nitrogens with one attached hydrogen (secondary N) is 1. The second-order valence-corrected chi connectivity index (χ2v) is 5.06. The molecule has 2 rings (SSSR count). The molecule has 1 saturated carbocycles. The Morgan fingerprint density at radius 3 is 2.60 bits per heavy atom. The van der Waals surface area contributed by atoms with Gasteiger partial charge in [-0.2, -0.15) is 0 Å². The summed E-state index contributed by atoms with van der Waals surface area (Å²) in [6.45, 7) is 3.18. The van der Waals surface area contributed by atoms with E-state index in [0.29, 0.717) is 25.5 Å². The summed E-state index contributed by atoms with van der Waals surface area (Å²) in [5, 5.41) is 2.90. The highest BCUT2D eigenvalue weighted by molar-refractivity contribution is 5.85. The van der Waals surface area contributed by atoms with Crippen molar-refractivity contribution in [2.45, 2.75) is 32.2 Å². The van der Waals surface area contributed by atoms with E-state index in [2.05, 4.69) is 5.32 Å². The van der Waals surface area contributed by atoms with Crippen molar-refractivity contribution in [2.24, 2.45) is 11.7 Å². The number of amides is 1. The van der Waals surface area contributed by atoms with Gasteiger partial charge >= 0.3 is 0 Å². The quantitative estimate of drug-likeness (QED) is 0.808. The minimum absolute atomic E-state index is 0. The zero-order valence-corrected chi connectivity index (χ0v) is 12.6. The van der Waals surface area contributed by atoms with E-state index >= 15 is 0 Å². The highest BCUT2D eigenvalue weighted by Gasteiger charge is 2.28. The minimum atomic E-state index is 0. The summed E-state index contributed by atoms with van der Waals surface area (Å²) in [4.78, 5) is 11.8. The van der Waals surface area contributed by atoms with Crippen LogP contribution in [0.2, 0.25) is 0 Å². The van der Waals surface area contributed by atoms with Crippen LogP contribution in [0.5, 0.6) is 5.75 Å². The average molecular weight is 299 g/mol. The Kier molecular flexibility index (Phi) is 6.82. The van der Waals surface area contributed by atoms with Gasteiger partial charge in [0.05, 0.1) is 13.0 Å². The molecule has 112 valence electrons. The molecule has 1 amide bonds. The fourth-order valence-electron chi connectivity index (χ4n) is 2.04. The fraction of sp³-hybridized carbons (Fsp3) is 0.533. The van der Waals surface area contributed by atoms with Crippen molar-refractivity contribution in [1.29, 1.82) is 0 Å². The maximum absolute atomic E-state index is 11.8. The Bertz CT molecular complexity index is 418. The third-order valence-electron chi connectivity index (χ3n) is 3.36. The molecular formula is C15H23ClN2O2. The van der Waals surface area contributed by atoms with E-state index in [1.165, 1.54) is 12.8 Å². The summed E-state index contributed by atoms with van der Waals surface area (Å²) < 4.78 is 5.36.